The fourth-order valence-electron chi connectivity index (χ4n) is 5.42. The lowest BCUT2D eigenvalue weighted by atomic mass is 9.97. The first kappa shape index (κ1) is 24.3. The van der Waals surface area contributed by atoms with E-state index in [-0.39, 0.29) is 11.8 Å². The molecule has 2 aliphatic rings. The van der Waals surface area contributed by atoms with Gasteiger partial charge in [0.05, 0.1) is 29.1 Å². The number of rotatable bonds is 8. The van der Waals surface area contributed by atoms with E-state index in [1.807, 2.05) is 36.7 Å². The maximum atomic E-state index is 13.4. The second kappa shape index (κ2) is 10.3. The predicted molar refractivity (Wildman–Crippen MR) is 142 cm³/mol. The van der Waals surface area contributed by atoms with Crippen LogP contribution in [0.2, 0.25) is 0 Å². The molecule has 0 aliphatic carbocycles. The van der Waals surface area contributed by atoms with Crippen molar-refractivity contribution in [3.05, 3.63) is 82.7 Å². The maximum Gasteiger partial charge on any atom is 0.263 e. The number of hydrogen-bond acceptors (Lipinski definition) is 5. The van der Waals surface area contributed by atoms with Crippen LogP contribution in [0.4, 0.5) is 5.69 Å². The summed E-state index contributed by atoms with van der Waals surface area (Å²) in [6.45, 7) is 11.7. The van der Waals surface area contributed by atoms with Crippen LogP contribution in [0.1, 0.15) is 56.9 Å². The van der Waals surface area contributed by atoms with Gasteiger partial charge in [-0.3, -0.25) is 24.1 Å². The summed E-state index contributed by atoms with van der Waals surface area (Å²) in [6, 6.07) is 18.4. The summed E-state index contributed by atoms with van der Waals surface area (Å²) >= 11 is 0. The summed E-state index contributed by atoms with van der Waals surface area (Å²) in [5, 5.41) is 4.47. The molecular formula is C29H35N5O2. The van der Waals surface area contributed by atoms with Crippen LogP contribution in [0.25, 0.3) is 0 Å². The zero-order chi connectivity index (χ0) is 25.2. The van der Waals surface area contributed by atoms with Crippen LogP contribution in [-0.4, -0.2) is 70.7 Å². The van der Waals surface area contributed by atoms with Gasteiger partial charge in [-0.2, -0.15) is 5.10 Å². The van der Waals surface area contributed by atoms with Gasteiger partial charge in [0.2, 0.25) is 0 Å². The highest BCUT2D eigenvalue weighted by Gasteiger charge is 2.38. The van der Waals surface area contributed by atoms with E-state index in [4.69, 9.17) is 0 Å². The van der Waals surface area contributed by atoms with Crippen molar-refractivity contribution < 1.29 is 9.59 Å². The third kappa shape index (κ3) is 4.80. The Bertz CT molecular complexity index is 1240. The molecule has 5 rings (SSSR count). The number of nitrogens with zero attached hydrogens (tertiary/aromatic N) is 5. The summed E-state index contributed by atoms with van der Waals surface area (Å²) in [4.78, 5) is 32.7. The number of amides is 2. The molecule has 1 atom stereocenters. The number of imide groups is 1. The standard InChI is InChI=1S/C29H35N5O2/c1-21(24-8-5-4-6-9-24)12-13-31-14-16-32(17-15-31)26-11-7-10-25-27(26)29(36)33(28(25)35)18-19-34-23(3)20-22(2)30-34/h4-11,20-21H,12-19H2,1-3H3/t21-/m0/s1. The molecule has 2 amide bonds. The van der Waals surface area contributed by atoms with Crippen molar-refractivity contribution in [3.8, 4) is 0 Å². The van der Waals surface area contributed by atoms with Gasteiger partial charge in [-0.05, 0) is 56.5 Å². The number of hydrogen-bond donors (Lipinski definition) is 0. The molecule has 1 fully saturated rings. The van der Waals surface area contributed by atoms with E-state index in [1.165, 1.54) is 10.5 Å². The van der Waals surface area contributed by atoms with Crippen molar-refractivity contribution >= 4 is 17.5 Å². The van der Waals surface area contributed by atoms with Crippen molar-refractivity contribution in [2.75, 3.05) is 44.2 Å². The first-order valence-electron chi connectivity index (χ1n) is 12.9. The van der Waals surface area contributed by atoms with Crippen LogP contribution in [-0.2, 0) is 6.54 Å². The molecule has 0 spiro atoms. The quantitative estimate of drug-likeness (QED) is 0.450. The highest BCUT2D eigenvalue weighted by molar-refractivity contribution is 6.23. The molecule has 188 valence electrons. The smallest absolute Gasteiger partial charge is 0.263 e. The molecule has 0 N–H and O–H groups in total. The Kier molecular flexibility index (Phi) is 6.92. The summed E-state index contributed by atoms with van der Waals surface area (Å²) in [7, 11) is 0. The summed E-state index contributed by atoms with van der Waals surface area (Å²) in [5.74, 6) is 0.142. The number of aryl methyl sites for hydroxylation is 2. The predicted octanol–water partition coefficient (Wildman–Crippen LogP) is 4.11. The Morgan fingerprint density at radius 2 is 1.61 bits per heavy atom. The lowest BCUT2D eigenvalue weighted by molar-refractivity contribution is 0.0647. The molecule has 0 bridgehead atoms. The molecule has 7 heteroatoms. The van der Waals surface area contributed by atoms with E-state index < -0.39 is 0 Å². The van der Waals surface area contributed by atoms with Gasteiger partial charge in [0.1, 0.15) is 0 Å². The molecule has 36 heavy (non-hydrogen) atoms. The first-order chi connectivity index (χ1) is 17.4. The second-order valence-electron chi connectivity index (χ2n) is 10.0. The van der Waals surface area contributed by atoms with Gasteiger partial charge in [0.25, 0.3) is 11.8 Å². The van der Waals surface area contributed by atoms with Gasteiger partial charge >= 0.3 is 0 Å². The van der Waals surface area contributed by atoms with Crippen molar-refractivity contribution in [3.63, 3.8) is 0 Å². The van der Waals surface area contributed by atoms with Crippen molar-refractivity contribution in [2.45, 2.75) is 39.7 Å². The zero-order valence-corrected chi connectivity index (χ0v) is 21.5. The number of aromatic nitrogens is 2. The minimum absolute atomic E-state index is 0.189. The molecule has 3 aromatic rings. The van der Waals surface area contributed by atoms with Gasteiger partial charge in [-0.25, -0.2) is 0 Å². The minimum Gasteiger partial charge on any atom is -0.368 e. The number of fused-ring (bicyclic) bond motifs is 1. The average Bonchev–Trinajstić information content (AvgIpc) is 3.35. The topological polar surface area (TPSA) is 61.7 Å². The van der Waals surface area contributed by atoms with Crippen LogP contribution >= 0.6 is 0 Å². The van der Waals surface area contributed by atoms with Gasteiger partial charge in [-0.15, -0.1) is 0 Å². The Morgan fingerprint density at radius 3 is 2.31 bits per heavy atom. The minimum atomic E-state index is -0.202. The monoisotopic (exact) mass is 485 g/mol. The number of anilines is 1. The Labute approximate surface area is 213 Å². The summed E-state index contributed by atoms with van der Waals surface area (Å²) < 4.78 is 1.86. The Morgan fingerprint density at radius 1 is 0.861 bits per heavy atom. The van der Waals surface area contributed by atoms with Crippen LogP contribution in [0.5, 0.6) is 0 Å². The molecule has 1 aromatic heterocycles. The molecular weight excluding hydrogens is 450 g/mol. The SMILES string of the molecule is Cc1cc(C)n(CCN2C(=O)c3cccc(N4CCN(CC[C@H](C)c5ccccc5)CC4)c3C2=O)n1. The van der Waals surface area contributed by atoms with Gasteiger partial charge < -0.3 is 4.90 Å². The Hall–Kier alpha value is -3.45. The van der Waals surface area contributed by atoms with Crippen molar-refractivity contribution in [1.29, 1.82) is 0 Å². The molecule has 3 heterocycles. The van der Waals surface area contributed by atoms with E-state index >= 15 is 0 Å². The number of carbonyl (C=O) groups is 2. The fraction of sp³-hybridized carbons (Fsp3) is 0.414. The molecule has 1 saturated heterocycles. The molecule has 0 saturated carbocycles. The van der Waals surface area contributed by atoms with Gasteiger partial charge in [-0.1, -0.05) is 43.3 Å². The summed E-state index contributed by atoms with van der Waals surface area (Å²) in [5.41, 5.74) is 5.32. The first-order valence-corrected chi connectivity index (χ1v) is 12.9. The van der Waals surface area contributed by atoms with Gasteiger partial charge in [0.15, 0.2) is 0 Å². The third-order valence-electron chi connectivity index (χ3n) is 7.58. The molecule has 7 nitrogen and oxygen atoms in total. The molecule has 0 unspecified atom stereocenters. The molecule has 2 aliphatic heterocycles. The highest BCUT2D eigenvalue weighted by Crippen LogP contribution is 2.32. The highest BCUT2D eigenvalue weighted by atomic mass is 16.2. The molecule has 2 aromatic carbocycles. The lowest BCUT2D eigenvalue weighted by Gasteiger charge is -2.37. The van der Waals surface area contributed by atoms with Crippen LogP contribution in [0.15, 0.2) is 54.6 Å². The second-order valence-corrected chi connectivity index (χ2v) is 10.0. The van der Waals surface area contributed by atoms with Gasteiger partial charge in [0, 0.05) is 38.4 Å². The summed E-state index contributed by atoms with van der Waals surface area (Å²) in [6.07, 6.45) is 1.13. The normalized spacial score (nSPS) is 17.1. The van der Waals surface area contributed by atoms with Crippen molar-refractivity contribution in [2.24, 2.45) is 0 Å². The number of benzene rings is 2. The van der Waals surface area contributed by atoms with E-state index in [0.717, 1.165) is 56.2 Å². The van der Waals surface area contributed by atoms with Crippen LogP contribution in [0.3, 0.4) is 0 Å². The van der Waals surface area contributed by atoms with Crippen LogP contribution in [0, 0.1) is 13.8 Å². The van der Waals surface area contributed by atoms with E-state index in [2.05, 4.69) is 52.2 Å². The van der Waals surface area contributed by atoms with Crippen LogP contribution < -0.4 is 4.90 Å². The van der Waals surface area contributed by atoms with E-state index in [9.17, 15) is 9.59 Å². The zero-order valence-electron chi connectivity index (χ0n) is 21.5. The number of carbonyl (C=O) groups excluding carboxylic acids is 2. The van der Waals surface area contributed by atoms with E-state index in [1.54, 1.807) is 6.07 Å². The Balaban J connectivity index is 1.21. The largest absolute Gasteiger partial charge is 0.368 e. The lowest BCUT2D eigenvalue weighted by Crippen LogP contribution is -2.47. The average molecular weight is 486 g/mol. The van der Waals surface area contributed by atoms with Crippen molar-refractivity contribution in [1.82, 2.24) is 19.6 Å². The molecule has 0 radical (unpaired) electrons. The fourth-order valence-corrected chi connectivity index (χ4v) is 5.42. The maximum absolute atomic E-state index is 13.4. The van der Waals surface area contributed by atoms with E-state index in [0.29, 0.717) is 30.1 Å². The third-order valence-corrected chi connectivity index (χ3v) is 7.58. The number of piperazine rings is 1.